The topological polar surface area (TPSA) is 81.8 Å². The number of hydrogen-bond donors (Lipinski definition) is 2. The molecule has 0 saturated heterocycles. The summed E-state index contributed by atoms with van der Waals surface area (Å²) in [6.45, 7) is 2.32. The Bertz CT molecular complexity index is 551. The van der Waals surface area contributed by atoms with E-state index in [-0.39, 0.29) is 23.9 Å². The van der Waals surface area contributed by atoms with Crippen molar-refractivity contribution in [1.82, 2.24) is 0 Å². The van der Waals surface area contributed by atoms with Gasteiger partial charge in [0.25, 0.3) is 0 Å². The van der Waals surface area contributed by atoms with Crippen molar-refractivity contribution < 1.29 is 19.5 Å². The van der Waals surface area contributed by atoms with E-state index < -0.39 is 0 Å². The Morgan fingerprint density at radius 3 is 2.80 bits per heavy atom. The number of aliphatic hydroxyl groups is 1. The lowest BCUT2D eigenvalue weighted by molar-refractivity contribution is -0.114. The first-order chi connectivity index (χ1) is 9.62. The summed E-state index contributed by atoms with van der Waals surface area (Å²) >= 11 is 0. The zero-order valence-corrected chi connectivity index (χ0v) is 11.7. The average molecular weight is 277 g/mol. The average Bonchev–Trinajstić information content (AvgIpc) is 2.73. The van der Waals surface area contributed by atoms with Crippen LogP contribution in [0.2, 0.25) is 0 Å². The minimum atomic E-state index is -0.269. The third kappa shape index (κ3) is 2.55. The highest BCUT2D eigenvalue weighted by molar-refractivity contribution is 6.24. The molecule has 1 unspecified atom stereocenters. The number of methoxy groups -OCH3 is 1. The second-order valence-electron chi connectivity index (χ2n) is 4.83. The molecule has 3 N–H and O–H groups in total. The maximum absolute atomic E-state index is 12.2. The molecule has 20 heavy (non-hydrogen) atoms. The molecule has 1 atom stereocenters. The lowest BCUT2D eigenvalue weighted by Gasteiger charge is -2.11. The van der Waals surface area contributed by atoms with Gasteiger partial charge in [0, 0.05) is 19.4 Å². The molecular weight excluding hydrogens is 258 g/mol. The van der Waals surface area contributed by atoms with E-state index >= 15 is 0 Å². The largest absolute Gasteiger partial charge is 0.511 e. The van der Waals surface area contributed by atoms with E-state index in [1.54, 1.807) is 19.2 Å². The van der Waals surface area contributed by atoms with E-state index in [4.69, 9.17) is 15.5 Å². The van der Waals surface area contributed by atoms with Gasteiger partial charge in [-0.05, 0) is 29.7 Å². The Hall–Kier alpha value is -1.85. The van der Waals surface area contributed by atoms with Crippen LogP contribution in [-0.2, 0) is 16.0 Å². The number of aliphatic hydroxyl groups excluding tert-OH is 1. The van der Waals surface area contributed by atoms with Gasteiger partial charge in [0.2, 0.25) is 0 Å². The normalized spacial score (nSPS) is 18.8. The molecule has 1 aromatic rings. The Balaban J connectivity index is 2.51. The van der Waals surface area contributed by atoms with E-state index in [2.05, 4.69) is 0 Å². The first-order valence-electron chi connectivity index (χ1n) is 6.57. The molecule has 2 rings (SSSR count). The summed E-state index contributed by atoms with van der Waals surface area (Å²) in [7, 11) is 1.55. The van der Waals surface area contributed by atoms with Crippen molar-refractivity contribution in [3.8, 4) is 5.75 Å². The van der Waals surface area contributed by atoms with Crippen LogP contribution in [0.5, 0.6) is 5.75 Å². The summed E-state index contributed by atoms with van der Waals surface area (Å²) in [6, 6.07) is 5.29. The van der Waals surface area contributed by atoms with Gasteiger partial charge in [0.05, 0.1) is 12.2 Å². The molecule has 108 valence electrons. The number of hydrogen-bond acceptors (Lipinski definition) is 5. The van der Waals surface area contributed by atoms with Crippen LogP contribution < -0.4 is 10.7 Å². The number of allylic oxidation sites excluding steroid dienone is 1. The molecule has 0 aromatic heterocycles. The quantitative estimate of drug-likeness (QED) is 0.804. The van der Waals surface area contributed by atoms with E-state index in [1.165, 1.54) is 0 Å². The van der Waals surface area contributed by atoms with Gasteiger partial charge < -0.3 is 14.7 Å². The molecular formula is C15H19NO4. The second kappa shape index (κ2) is 6.07. The third-order valence-corrected chi connectivity index (χ3v) is 3.59. The molecule has 1 aliphatic rings. The summed E-state index contributed by atoms with van der Waals surface area (Å²) < 4.78 is 5.04. The van der Waals surface area contributed by atoms with Crippen molar-refractivity contribution in [3.63, 3.8) is 0 Å². The number of ketones is 1. The molecule has 0 radical (unpaired) electrons. The lowest BCUT2D eigenvalue weighted by atomic mass is 9.96. The molecule has 5 heteroatoms. The van der Waals surface area contributed by atoms with Crippen molar-refractivity contribution in [2.45, 2.75) is 19.8 Å². The summed E-state index contributed by atoms with van der Waals surface area (Å²) in [5, 5.41) is 10.3. The standard InChI is InChI=1S/C15H19NO4/c1-3-9-4-5-11(20-16)7-12(9)14-13(17)6-10(8-19-2)15(14)18/h4-5,7,10,18H,3,6,8,16H2,1-2H3. The van der Waals surface area contributed by atoms with Crippen molar-refractivity contribution >= 4 is 11.4 Å². The van der Waals surface area contributed by atoms with Crippen LogP contribution in [0.1, 0.15) is 24.5 Å². The number of Topliss-reactive ketones (excluding diaryl/α,β-unsaturated/α-hetero) is 1. The zero-order valence-electron chi connectivity index (χ0n) is 11.7. The number of carbonyl (C=O) groups is 1. The van der Waals surface area contributed by atoms with Gasteiger partial charge in [-0.25, -0.2) is 0 Å². The molecule has 1 aliphatic carbocycles. The van der Waals surface area contributed by atoms with Gasteiger partial charge in [-0.3, -0.25) is 4.79 Å². The lowest BCUT2D eigenvalue weighted by Crippen LogP contribution is -2.07. The fraction of sp³-hybridized carbons (Fsp3) is 0.400. The Morgan fingerprint density at radius 2 is 2.20 bits per heavy atom. The summed E-state index contributed by atoms with van der Waals surface area (Å²) in [4.78, 5) is 16.9. The van der Waals surface area contributed by atoms with Gasteiger partial charge in [-0.1, -0.05) is 13.0 Å². The van der Waals surface area contributed by atoms with Gasteiger partial charge in [0.15, 0.2) is 5.78 Å². The zero-order chi connectivity index (χ0) is 14.7. The van der Waals surface area contributed by atoms with Crippen LogP contribution in [0, 0.1) is 5.92 Å². The van der Waals surface area contributed by atoms with Gasteiger partial charge in [-0.15, -0.1) is 0 Å². The molecule has 0 aliphatic heterocycles. The van der Waals surface area contributed by atoms with Crippen LogP contribution in [0.4, 0.5) is 0 Å². The van der Waals surface area contributed by atoms with Crippen molar-refractivity contribution in [1.29, 1.82) is 0 Å². The molecule has 5 nitrogen and oxygen atoms in total. The monoisotopic (exact) mass is 277 g/mol. The highest BCUT2D eigenvalue weighted by Gasteiger charge is 2.34. The predicted octanol–water partition coefficient (Wildman–Crippen LogP) is 2.01. The van der Waals surface area contributed by atoms with E-state index in [9.17, 15) is 9.90 Å². The molecule has 0 bridgehead atoms. The Labute approximate surface area is 117 Å². The van der Waals surface area contributed by atoms with E-state index in [0.29, 0.717) is 23.5 Å². The van der Waals surface area contributed by atoms with Crippen LogP contribution >= 0.6 is 0 Å². The number of carbonyl (C=O) groups excluding carboxylic acids is 1. The highest BCUT2D eigenvalue weighted by atomic mass is 16.6. The first kappa shape index (κ1) is 14.6. The summed E-state index contributed by atoms with van der Waals surface area (Å²) in [5.41, 5.74) is 2.03. The van der Waals surface area contributed by atoms with Crippen LogP contribution in [0.3, 0.4) is 0 Å². The summed E-state index contributed by atoms with van der Waals surface area (Å²) in [5.74, 6) is 5.38. The number of aryl methyl sites for hydroxylation is 1. The molecule has 0 heterocycles. The SMILES string of the molecule is CCc1ccc(ON)cc1C1=C(O)C(COC)CC1=O. The molecule has 0 spiro atoms. The van der Waals surface area contributed by atoms with Gasteiger partial charge in [-0.2, -0.15) is 5.90 Å². The molecule has 0 saturated carbocycles. The molecule has 0 amide bonds. The van der Waals surface area contributed by atoms with E-state index in [0.717, 1.165) is 12.0 Å². The number of ether oxygens (including phenoxy) is 1. The number of rotatable bonds is 5. The van der Waals surface area contributed by atoms with Crippen molar-refractivity contribution in [2.75, 3.05) is 13.7 Å². The van der Waals surface area contributed by atoms with Gasteiger partial charge >= 0.3 is 0 Å². The maximum Gasteiger partial charge on any atom is 0.167 e. The number of nitrogens with two attached hydrogens (primary N) is 1. The molecule has 1 aromatic carbocycles. The minimum absolute atomic E-state index is 0.0755. The summed E-state index contributed by atoms with van der Waals surface area (Å²) in [6.07, 6.45) is 1.02. The van der Waals surface area contributed by atoms with Crippen molar-refractivity contribution in [2.24, 2.45) is 11.8 Å². The van der Waals surface area contributed by atoms with Crippen LogP contribution in [0.25, 0.3) is 5.57 Å². The third-order valence-electron chi connectivity index (χ3n) is 3.59. The Morgan fingerprint density at radius 1 is 1.45 bits per heavy atom. The second-order valence-corrected chi connectivity index (χ2v) is 4.83. The Kier molecular flexibility index (Phi) is 4.42. The van der Waals surface area contributed by atoms with Gasteiger partial charge in [0.1, 0.15) is 11.5 Å². The first-order valence-corrected chi connectivity index (χ1v) is 6.57. The van der Waals surface area contributed by atoms with Crippen LogP contribution in [-0.4, -0.2) is 24.6 Å². The fourth-order valence-corrected chi connectivity index (χ4v) is 2.57. The molecule has 0 fully saturated rings. The van der Waals surface area contributed by atoms with Crippen LogP contribution in [0.15, 0.2) is 24.0 Å². The van der Waals surface area contributed by atoms with E-state index in [1.807, 2.05) is 13.0 Å². The smallest absolute Gasteiger partial charge is 0.167 e. The fourth-order valence-electron chi connectivity index (χ4n) is 2.57. The highest BCUT2D eigenvalue weighted by Crippen LogP contribution is 2.37. The maximum atomic E-state index is 12.2. The predicted molar refractivity (Wildman–Crippen MR) is 75.2 cm³/mol. The minimum Gasteiger partial charge on any atom is -0.511 e. The van der Waals surface area contributed by atoms with Crippen molar-refractivity contribution in [3.05, 3.63) is 35.1 Å². The number of benzene rings is 1.